The third-order valence-corrected chi connectivity index (χ3v) is 4.20. The van der Waals surface area contributed by atoms with Gasteiger partial charge in [-0.15, -0.1) is 0 Å². The normalized spacial score (nSPS) is 12.5. The zero-order valence-electron chi connectivity index (χ0n) is 13.6. The number of nitrogens with zero attached hydrogens (tertiary/aromatic N) is 1. The number of ether oxygens (including phenoxy) is 2. The van der Waals surface area contributed by atoms with Gasteiger partial charge in [-0.25, -0.2) is 0 Å². The molecule has 0 aliphatic carbocycles. The maximum Gasteiger partial charge on any atom is 0.119 e. The van der Waals surface area contributed by atoms with Gasteiger partial charge in [0.1, 0.15) is 18.5 Å². The lowest BCUT2D eigenvalue weighted by Gasteiger charge is -2.24. The summed E-state index contributed by atoms with van der Waals surface area (Å²) in [5, 5.41) is 14.5. The zero-order valence-corrected chi connectivity index (χ0v) is 14.4. The van der Waals surface area contributed by atoms with E-state index in [0.29, 0.717) is 13.2 Å². The van der Waals surface area contributed by atoms with Crippen molar-refractivity contribution < 1.29 is 14.6 Å². The van der Waals surface area contributed by atoms with E-state index in [-0.39, 0.29) is 0 Å². The van der Waals surface area contributed by atoms with Gasteiger partial charge in [0.25, 0.3) is 0 Å². The predicted octanol–water partition coefficient (Wildman–Crippen LogP) is 3.03. The molecule has 2 aromatic rings. The van der Waals surface area contributed by atoms with Crippen LogP contribution < -0.4 is 4.74 Å². The van der Waals surface area contributed by atoms with E-state index in [1.54, 1.807) is 18.4 Å². The van der Waals surface area contributed by atoms with Crippen molar-refractivity contribution in [1.82, 2.24) is 4.90 Å². The third-order valence-electron chi connectivity index (χ3n) is 3.46. The van der Waals surface area contributed by atoms with E-state index in [0.717, 1.165) is 31.9 Å². The highest BCUT2D eigenvalue weighted by Crippen LogP contribution is 2.12. The quantitative estimate of drug-likeness (QED) is 0.641. The Labute approximate surface area is 142 Å². The maximum absolute atomic E-state index is 10.3. The molecule has 1 aromatic carbocycles. The highest BCUT2D eigenvalue weighted by Gasteiger charge is 2.13. The monoisotopic (exact) mass is 335 g/mol. The summed E-state index contributed by atoms with van der Waals surface area (Å²) in [7, 11) is 1.71. The maximum atomic E-state index is 10.3. The first-order chi connectivity index (χ1) is 11.3. The molecule has 4 nitrogen and oxygen atoms in total. The molecular formula is C18H25NO3S. The lowest BCUT2D eigenvalue weighted by Crippen LogP contribution is -2.36. The van der Waals surface area contributed by atoms with Gasteiger partial charge in [0.05, 0.1) is 0 Å². The van der Waals surface area contributed by atoms with Gasteiger partial charge in [0.2, 0.25) is 0 Å². The number of aliphatic hydroxyl groups is 1. The van der Waals surface area contributed by atoms with Gasteiger partial charge >= 0.3 is 0 Å². The lowest BCUT2D eigenvalue weighted by atomic mass is 10.2. The standard InChI is InChI=1S/C18H25NO3S/c1-21-10-5-9-19(12-16-8-11-23-15-16)13-17(20)14-22-18-6-3-2-4-7-18/h2-4,6-8,11,15,17,20H,5,9-10,12-14H2,1H3/t17-/m1/s1. The fourth-order valence-corrected chi connectivity index (χ4v) is 3.03. The van der Waals surface area contributed by atoms with Gasteiger partial charge in [-0.3, -0.25) is 4.90 Å². The van der Waals surface area contributed by atoms with E-state index in [4.69, 9.17) is 9.47 Å². The van der Waals surface area contributed by atoms with E-state index in [9.17, 15) is 5.11 Å². The minimum Gasteiger partial charge on any atom is -0.491 e. The second-order valence-electron chi connectivity index (χ2n) is 5.49. The second kappa shape index (κ2) is 10.4. The predicted molar refractivity (Wildman–Crippen MR) is 94.0 cm³/mol. The third kappa shape index (κ3) is 7.14. The van der Waals surface area contributed by atoms with E-state index in [2.05, 4.69) is 21.7 Å². The van der Waals surface area contributed by atoms with Crippen molar-refractivity contribution in [2.24, 2.45) is 0 Å². The Balaban J connectivity index is 1.80. The number of aliphatic hydroxyl groups excluding tert-OH is 1. The molecule has 0 saturated carbocycles. The Kier molecular flexibility index (Phi) is 8.11. The van der Waals surface area contributed by atoms with E-state index in [1.807, 2.05) is 30.3 Å². The van der Waals surface area contributed by atoms with Crippen molar-refractivity contribution >= 4 is 11.3 Å². The first-order valence-corrected chi connectivity index (χ1v) is 8.80. The van der Waals surface area contributed by atoms with E-state index in [1.165, 1.54) is 5.56 Å². The summed E-state index contributed by atoms with van der Waals surface area (Å²) in [6.07, 6.45) is 0.434. The van der Waals surface area contributed by atoms with Gasteiger partial charge in [0.15, 0.2) is 0 Å². The van der Waals surface area contributed by atoms with Crippen LogP contribution in [0.5, 0.6) is 5.75 Å². The summed E-state index contributed by atoms with van der Waals surface area (Å²) in [5.74, 6) is 0.787. The van der Waals surface area contributed by atoms with Crippen LogP contribution >= 0.6 is 11.3 Å². The van der Waals surface area contributed by atoms with Crippen molar-refractivity contribution in [2.45, 2.75) is 19.1 Å². The molecule has 0 bridgehead atoms. The van der Waals surface area contributed by atoms with Gasteiger partial charge in [-0.2, -0.15) is 11.3 Å². The first-order valence-electron chi connectivity index (χ1n) is 7.86. The molecule has 0 amide bonds. The average molecular weight is 335 g/mol. The minimum atomic E-state index is -0.517. The van der Waals surface area contributed by atoms with Crippen molar-refractivity contribution in [3.8, 4) is 5.75 Å². The Morgan fingerprint density at radius 1 is 1.22 bits per heavy atom. The average Bonchev–Trinajstić information content (AvgIpc) is 3.07. The summed E-state index contributed by atoms with van der Waals surface area (Å²) in [6, 6.07) is 11.7. The number of hydrogen-bond donors (Lipinski definition) is 1. The van der Waals surface area contributed by atoms with Crippen LogP contribution in [0, 0.1) is 0 Å². The van der Waals surface area contributed by atoms with Crippen LogP contribution in [-0.2, 0) is 11.3 Å². The highest BCUT2D eigenvalue weighted by atomic mass is 32.1. The number of rotatable bonds is 11. The summed E-state index contributed by atoms with van der Waals surface area (Å²) in [5.41, 5.74) is 1.28. The van der Waals surface area contributed by atoms with Crippen LogP contribution in [0.1, 0.15) is 12.0 Å². The smallest absolute Gasteiger partial charge is 0.119 e. The van der Waals surface area contributed by atoms with Crippen LogP contribution in [0.3, 0.4) is 0 Å². The largest absolute Gasteiger partial charge is 0.491 e. The summed E-state index contributed by atoms with van der Waals surface area (Å²) in [6.45, 7) is 3.36. The van der Waals surface area contributed by atoms with Gasteiger partial charge in [0, 0.05) is 33.4 Å². The van der Waals surface area contributed by atoms with Crippen molar-refractivity contribution in [1.29, 1.82) is 0 Å². The molecule has 23 heavy (non-hydrogen) atoms. The second-order valence-corrected chi connectivity index (χ2v) is 6.27. The first kappa shape index (κ1) is 17.9. The SMILES string of the molecule is COCCCN(Cc1ccsc1)C[C@@H](O)COc1ccccc1. The van der Waals surface area contributed by atoms with Crippen LogP contribution in [-0.4, -0.2) is 49.5 Å². The molecule has 0 aliphatic heterocycles. The topological polar surface area (TPSA) is 41.9 Å². The molecule has 2 rings (SSSR count). The van der Waals surface area contributed by atoms with Crippen molar-refractivity contribution in [3.63, 3.8) is 0 Å². The molecule has 0 radical (unpaired) electrons. The van der Waals surface area contributed by atoms with Crippen LogP contribution in [0.15, 0.2) is 47.2 Å². The van der Waals surface area contributed by atoms with E-state index >= 15 is 0 Å². The molecule has 0 aliphatic rings. The highest BCUT2D eigenvalue weighted by molar-refractivity contribution is 7.07. The molecule has 5 heteroatoms. The van der Waals surface area contributed by atoms with E-state index < -0.39 is 6.10 Å². The van der Waals surface area contributed by atoms with Crippen LogP contribution in [0.2, 0.25) is 0 Å². The van der Waals surface area contributed by atoms with Gasteiger partial charge in [-0.1, -0.05) is 18.2 Å². The van der Waals surface area contributed by atoms with Crippen molar-refractivity contribution in [3.05, 3.63) is 52.7 Å². The van der Waals surface area contributed by atoms with Crippen LogP contribution in [0.25, 0.3) is 0 Å². The Morgan fingerprint density at radius 2 is 2.04 bits per heavy atom. The summed E-state index contributed by atoms with van der Waals surface area (Å²) < 4.78 is 10.8. The van der Waals surface area contributed by atoms with Gasteiger partial charge < -0.3 is 14.6 Å². The fourth-order valence-electron chi connectivity index (χ4n) is 2.37. The fraction of sp³-hybridized carbons (Fsp3) is 0.444. The van der Waals surface area contributed by atoms with Gasteiger partial charge in [-0.05, 0) is 40.9 Å². The number of para-hydroxylation sites is 1. The molecule has 1 aromatic heterocycles. The van der Waals surface area contributed by atoms with Crippen LogP contribution in [0.4, 0.5) is 0 Å². The molecule has 1 atom stereocenters. The minimum absolute atomic E-state index is 0.300. The molecule has 1 N–H and O–H groups in total. The molecule has 0 unspecified atom stereocenters. The Bertz CT molecular complexity index is 518. The zero-order chi connectivity index (χ0) is 16.3. The number of hydrogen-bond acceptors (Lipinski definition) is 5. The molecule has 0 saturated heterocycles. The molecule has 1 heterocycles. The number of benzene rings is 1. The van der Waals surface area contributed by atoms with Crippen molar-refractivity contribution in [2.75, 3.05) is 33.4 Å². The Morgan fingerprint density at radius 3 is 2.74 bits per heavy atom. The number of thiophene rings is 1. The molecule has 0 spiro atoms. The summed E-state index contributed by atoms with van der Waals surface area (Å²) in [4.78, 5) is 2.25. The summed E-state index contributed by atoms with van der Waals surface area (Å²) >= 11 is 1.70. The molecule has 0 fully saturated rings. The molecule has 126 valence electrons. The lowest BCUT2D eigenvalue weighted by molar-refractivity contribution is 0.0618. The Hall–Kier alpha value is -1.40. The number of methoxy groups -OCH3 is 1. The molecular weight excluding hydrogens is 310 g/mol.